The van der Waals surface area contributed by atoms with Crippen molar-refractivity contribution in [1.82, 2.24) is 19.5 Å². The van der Waals surface area contributed by atoms with E-state index in [1.807, 2.05) is 25.3 Å². The highest BCUT2D eigenvalue weighted by Crippen LogP contribution is 2.22. The molecule has 3 heterocycles. The van der Waals surface area contributed by atoms with E-state index in [0.29, 0.717) is 32.2 Å². The van der Waals surface area contributed by atoms with Gasteiger partial charge in [0.15, 0.2) is 5.82 Å². The van der Waals surface area contributed by atoms with Crippen LogP contribution >= 0.6 is 0 Å². The third kappa shape index (κ3) is 4.36. The normalized spacial score (nSPS) is 11.3. The van der Waals surface area contributed by atoms with Crippen molar-refractivity contribution in [2.45, 2.75) is 32.9 Å². The zero-order valence-corrected chi connectivity index (χ0v) is 15.3. The molecular formula is C19H25N5O2. The zero-order chi connectivity index (χ0) is 18.4. The predicted molar refractivity (Wildman–Crippen MR) is 101 cm³/mol. The fraction of sp³-hybridized carbons (Fsp3) is 0.421. The topological polar surface area (TPSA) is 88.1 Å². The number of aryl methyl sites for hydroxylation is 2. The summed E-state index contributed by atoms with van der Waals surface area (Å²) in [4.78, 5) is 13.0. The molecule has 3 aromatic heterocycles. The van der Waals surface area contributed by atoms with Crippen molar-refractivity contribution in [3.05, 3.63) is 47.7 Å². The van der Waals surface area contributed by atoms with Crippen LogP contribution in [0.4, 0.5) is 5.82 Å². The molecule has 138 valence electrons. The fourth-order valence-electron chi connectivity index (χ4n) is 2.99. The lowest BCUT2D eigenvalue weighted by Gasteiger charge is -2.10. The summed E-state index contributed by atoms with van der Waals surface area (Å²) in [5.74, 6) is 1.29. The second-order valence-electron chi connectivity index (χ2n) is 6.21. The minimum Gasteiger partial charge on any atom is -0.382 e. The lowest BCUT2D eigenvalue weighted by molar-refractivity contribution is 0.121. The highest BCUT2D eigenvalue weighted by molar-refractivity contribution is 5.85. The van der Waals surface area contributed by atoms with Gasteiger partial charge in [0.05, 0.1) is 12.1 Å². The van der Waals surface area contributed by atoms with E-state index < -0.39 is 0 Å². The Labute approximate surface area is 153 Å². The highest BCUT2D eigenvalue weighted by Gasteiger charge is 2.14. The molecule has 3 rings (SSSR count). The number of ether oxygens (including phenoxy) is 2. The van der Waals surface area contributed by atoms with E-state index in [4.69, 9.17) is 15.2 Å². The average molecular weight is 355 g/mol. The van der Waals surface area contributed by atoms with E-state index in [1.165, 1.54) is 5.56 Å². The molecule has 3 aromatic rings. The van der Waals surface area contributed by atoms with Gasteiger partial charge in [-0.1, -0.05) is 6.07 Å². The summed E-state index contributed by atoms with van der Waals surface area (Å²) in [5.41, 5.74) is 9.82. The van der Waals surface area contributed by atoms with E-state index in [1.54, 1.807) is 13.3 Å². The largest absolute Gasteiger partial charge is 0.382 e. The Morgan fingerprint density at radius 1 is 1.23 bits per heavy atom. The van der Waals surface area contributed by atoms with E-state index in [9.17, 15) is 0 Å². The molecule has 0 aliphatic heterocycles. The molecule has 0 aromatic carbocycles. The molecule has 0 aliphatic carbocycles. The minimum atomic E-state index is 0.425. The SMILES string of the molecule is COCc1nc2c(N)nc(C)cc2n1CCOCCCc1cccnc1. The van der Waals surface area contributed by atoms with Gasteiger partial charge in [-0.3, -0.25) is 4.98 Å². The van der Waals surface area contributed by atoms with Gasteiger partial charge in [0.2, 0.25) is 0 Å². The van der Waals surface area contributed by atoms with Crippen LogP contribution in [0.2, 0.25) is 0 Å². The van der Waals surface area contributed by atoms with E-state index in [2.05, 4.69) is 25.6 Å². The number of aromatic nitrogens is 4. The lowest BCUT2D eigenvalue weighted by atomic mass is 10.2. The quantitative estimate of drug-likeness (QED) is 0.593. The lowest BCUT2D eigenvalue weighted by Crippen LogP contribution is -2.11. The summed E-state index contributed by atoms with van der Waals surface area (Å²) in [6.45, 7) is 4.37. The summed E-state index contributed by atoms with van der Waals surface area (Å²) >= 11 is 0. The standard InChI is InChI=1S/C19H25N5O2/c1-14-11-16-18(19(20)22-14)23-17(13-25-2)24(16)8-10-26-9-4-6-15-5-3-7-21-12-15/h3,5,7,11-12H,4,6,8-10,13H2,1-2H3,(H2,20,22). The summed E-state index contributed by atoms with van der Waals surface area (Å²) in [6.07, 6.45) is 5.63. The van der Waals surface area contributed by atoms with Crippen LogP contribution in [0.15, 0.2) is 30.6 Å². The van der Waals surface area contributed by atoms with Crippen molar-refractivity contribution in [3.63, 3.8) is 0 Å². The fourth-order valence-corrected chi connectivity index (χ4v) is 2.99. The molecule has 0 spiro atoms. The van der Waals surface area contributed by atoms with Gasteiger partial charge in [0.1, 0.15) is 17.9 Å². The Morgan fingerprint density at radius 3 is 2.88 bits per heavy atom. The minimum absolute atomic E-state index is 0.425. The van der Waals surface area contributed by atoms with Gasteiger partial charge in [0, 0.05) is 38.3 Å². The van der Waals surface area contributed by atoms with Gasteiger partial charge in [-0.25, -0.2) is 9.97 Å². The maximum absolute atomic E-state index is 6.02. The number of hydrogen-bond acceptors (Lipinski definition) is 6. The molecule has 26 heavy (non-hydrogen) atoms. The Bertz CT molecular complexity index is 848. The number of rotatable bonds is 9. The predicted octanol–water partition coefficient (Wildman–Crippen LogP) is 2.51. The molecular weight excluding hydrogens is 330 g/mol. The van der Waals surface area contributed by atoms with E-state index in [0.717, 1.165) is 35.4 Å². The molecule has 0 bridgehead atoms. The van der Waals surface area contributed by atoms with E-state index in [-0.39, 0.29) is 0 Å². The second kappa shape index (κ2) is 8.73. The second-order valence-corrected chi connectivity index (χ2v) is 6.21. The van der Waals surface area contributed by atoms with Crippen LogP contribution in [0.3, 0.4) is 0 Å². The number of hydrogen-bond donors (Lipinski definition) is 1. The smallest absolute Gasteiger partial charge is 0.151 e. The van der Waals surface area contributed by atoms with Crippen LogP contribution in [-0.2, 0) is 29.0 Å². The third-order valence-electron chi connectivity index (χ3n) is 4.18. The maximum atomic E-state index is 6.02. The Morgan fingerprint density at radius 2 is 2.12 bits per heavy atom. The summed E-state index contributed by atoms with van der Waals surface area (Å²) in [7, 11) is 1.66. The van der Waals surface area contributed by atoms with E-state index >= 15 is 0 Å². The number of nitrogens with two attached hydrogens (primary N) is 1. The third-order valence-corrected chi connectivity index (χ3v) is 4.18. The van der Waals surface area contributed by atoms with Crippen molar-refractivity contribution in [2.24, 2.45) is 0 Å². The number of nitrogens with zero attached hydrogens (tertiary/aromatic N) is 4. The summed E-state index contributed by atoms with van der Waals surface area (Å²) in [5, 5.41) is 0. The van der Waals surface area contributed by atoms with Gasteiger partial charge < -0.3 is 19.8 Å². The van der Waals surface area contributed by atoms with Gasteiger partial charge in [-0.2, -0.15) is 0 Å². The van der Waals surface area contributed by atoms with Crippen LogP contribution in [-0.4, -0.2) is 39.8 Å². The van der Waals surface area contributed by atoms with Crippen LogP contribution in [0.1, 0.15) is 23.5 Å². The molecule has 0 fully saturated rings. The molecule has 0 saturated carbocycles. The van der Waals surface area contributed by atoms with Crippen molar-refractivity contribution in [1.29, 1.82) is 0 Å². The molecule has 7 nitrogen and oxygen atoms in total. The first-order valence-corrected chi connectivity index (χ1v) is 8.77. The number of pyridine rings is 2. The Kier molecular flexibility index (Phi) is 6.14. The summed E-state index contributed by atoms with van der Waals surface area (Å²) < 4.78 is 13.2. The van der Waals surface area contributed by atoms with Crippen molar-refractivity contribution in [2.75, 3.05) is 26.1 Å². The number of methoxy groups -OCH3 is 1. The van der Waals surface area contributed by atoms with Crippen molar-refractivity contribution < 1.29 is 9.47 Å². The Balaban J connectivity index is 1.58. The number of nitrogen functional groups attached to an aromatic ring is 1. The van der Waals surface area contributed by atoms with Crippen LogP contribution in [0.25, 0.3) is 11.0 Å². The number of fused-ring (bicyclic) bond motifs is 1. The molecule has 0 unspecified atom stereocenters. The van der Waals surface area contributed by atoms with Gasteiger partial charge in [-0.05, 0) is 37.5 Å². The summed E-state index contributed by atoms with van der Waals surface area (Å²) in [6, 6.07) is 6.04. The molecule has 0 atom stereocenters. The van der Waals surface area contributed by atoms with Crippen molar-refractivity contribution >= 4 is 16.9 Å². The van der Waals surface area contributed by atoms with Crippen LogP contribution in [0.5, 0.6) is 0 Å². The molecule has 0 saturated heterocycles. The molecule has 0 radical (unpaired) electrons. The van der Waals surface area contributed by atoms with Gasteiger partial charge in [0.25, 0.3) is 0 Å². The van der Waals surface area contributed by atoms with Gasteiger partial charge in [-0.15, -0.1) is 0 Å². The molecule has 0 amide bonds. The molecule has 0 aliphatic rings. The molecule has 7 heteroatoms. The first-order valence-electron chi connectivity index (χ1n) is 8.77. The highest BCUT2D eigenvalue weighted by atomic mass is 16.5. The average Bonchev–Trinajstić information content (AvgIpc) is 2.97. The number of imidazole rings is 1. The van der Waals surface area contributed by atoms with Crippen LogP contribution < -0.4 is 5.73 Å². The maximum Gasteiger partial charge on any atom is 0.151 e. The Hall–Kier alpha value is -2.51. The zero-order valence-electron chi connectivity index (χ0n) is 15.3. The monoisotopic (exact) mass is 355 g/mol. The van der Waals surface area contributed by atoms with Crippen molar-refractivity contribution in [3.8, 4) is 0 Å². The first kappa shape index (κ1) is 18.3. The van der Waals surface area contributed by atoms with Gasteiger partial charge >= 0.3 is 0 Å². The number of anilines is 1. The first-order chi connectivity index (χ1) is 12.7. The molecule has 2 N–H and O–H groups in total. The van der Waals surface area contributed by atoms with Crippen LogP contribution in [0, 0.1) is 6.92 Å².